The number of amides is 2. The number of alkyl halides is 3. The highest BCUT2D eigenvalue weighted by atomic mass is 19.4. The lowest BCUT2D eigenvalue weighted by Crippen LogP contribution is -2.39. The molecular weight excluding hydrogens is 529 g/mol. The van der Waals surface area contributed by atoms with E-state index in [1.54, 1.807) is 41.7 Å². The number of hydrogen-bond acceptors (Lipinski definition) is 9. The summed E-state index contributed by atoms with van der Waals surface area (Å²) in [5.41, 5.74) is 7.83. The molecule has 11 nitrogen and oxygen atoms in total. The molecule has 1 aromatic carbocycles. The van der Waals surface area contributed by atoms with Gasteiger partial charge in [0.15, 0.2) is 5.82 Å². The van der Waals surface area contributed by atoms with Crippen molar-refractivity contribution in [3.63, 3.8) is 0 Å². The van der Waals surface area contributed by atoms with Crippen LogP contribution in [-0.4, -0.2) is 44.9 Å². The summed E-state index contributed by atoms with van der Waals surface area (Å²) in [6.07, 6.45) is 0.891. The van der Waals surface area contributed by atoms with Crippen LogP contribution in [0.1, 0.15) is 29.8 Å². The van der Waals surface area contributed by atoms with Gasteiger partial charge in [-0.2, -0.15) is 5.10 Å². The second kappa shape index (κ2) is 13.4. The molecule has 3 heterocycles. The molecule has 0 saturated carbocycles. The lowest BCUT2D eigenvalue weighted by Gasteiger charge is -2.14. The van der Waals surface area contributed by atoms with Gasteiger partial charge in [0.2, 0.25) is 5.91 Å². The molecule has 0 aliphatic carbocycles. The van der Waals surface area contributed by atoms with Crippen molar-refractivity contribution in [2.45, 2.75) is 38.6 Å². The number of aryl methyl sites for hydroxylation is 1. The first-order valence-electron chi connectivity index (χ1n) is 12.4. The van der Waals surface area contributed by atoms with Crippen LogP contribution in [0, 0.1) is 0 Å². The van der Waals surface area contributed by atoms with Crippen LogP contribution in [0.25, 0.3) is 0 Å². The first-order chi connectivity index (χ1) is 19.2. The molecule has 210 valence electrons. The summed E-state index contributed by atoms with van der Waals surface area (Å²) in [4.78, 5) is 28.7. The summed E-state index contributed by atoms with van der Waals surface area (Å²) >= 11 is 0. The maximum atomic E-state index is 12.4. The van der Waals surface area contributed by atoms with E-state index in [1.165, 1.54) is 18.2 Å². The van der Waals surface area contributed by atoms with E-state index in [1.807, 2.05) is 12.1 Å². The summed E-state index contributed by atoms with van der Waals surface area (Å²) in [6.45, 7) is 0.635. The van der Waals surface area contributed by atoms with Gasteiger partial charge in [-0.25, -0.2) is 0 Å². The average molecular weight is 557 g/mol. The fourth-order valence-corrected chi connectivity index (χ4v) is 3.72. The van der Waals surface area contributed by atoms with Gasteiger partial charge < -0.3 is 15.4 Å². The summed E-state index contributed by atoms with van der Waals surface area (Å²) in [5, 5.41) is 15.3. The SMILES string of the molecule is O=C(Cc1ccccn1)Nc1ccc(CCCCN2C=C(C(=O)NCc3cccc(OC(F)(F)F)c3)NN2)nn1. The second-order valence-corrected chi connectivity index (χ2v) is 8.76. The lowest BCUT2D eigenvalue weighted by atomic mass is 10.2. The van der Waals surface area contributed by atoms with E-state index in [4.69, 9.17) is 0 Å². The first-order valence-corrected chi connectivity index (χ1v) is 12.4. The Balaban J connectivity index is 1.14. The minimum absolute atomic E-state index is 0.0284. The first kappa shape index (κ1) is 28.3. The molecule has 1 aliphatic rings. The lowest BCUT2D eigenvalue weighted by molar-refractivity contribution is -0.274. The highest BCUT2D eigenvalue weighted by Gasteiger charge is 2.31. The molecule has 0 radical (unpaired) electrons. The number of hydrogen-bond donors (Lipinski definition) is 4. The van der Waals surface area contributed by atoms with Gasteiger partial charge in [-0.05, 0) is 61.2 Å². The van der Waals surface area contributed by atoms with E-state index >= 15 is 0 Å². The van der Waals surface area contributed by atoms with Crippen LogP contribution in [-0.2, 0) is 29.0 Å². The molecule has 4 rings (SSSR count). The zero-order chi connectivity index (χ0) is 28.4. The summed E-state index contributed by atoms with van der Waals surface area (Å²) in [7, 11) is 0. The number of aromatic nitrogens is 3. The van der Waals surface area contributed by atoms with E-state index in [-0.39, 0.29) is 30.3 Å². The number of hydrazine groups is 2. The molecule has 0 saturated heterocycles. The van der Waals surface area contributed by atoms with Crippen LogP contribution in [0.2, 0.25) is 0 Å². The fraction of sp³-hybridized carbons (Fsp3) is 0.269. The molecule has 0 atom stereocenters. The van der Waals surface area contributed by atoms with Crippen molar-refractivity contribution < 1.29 is 27.5 Å². The summed E-state index contributed by atoms with van der Waals surface area (Å²) < 4.78 is 41.1. The average Bonchev–Trinajstić information content (AvgIpc) is 3.40. The Kier molecular flexibility index (Phi) is 9.46. The number of rotatable bonds is 12. The van der Waals surface area contributed by atoms with Gasteiger partial charge in [-0.1, -0.05) is 18.2 Å². The number of unbranched alkanes of at least 4 members (excludes halogenated alkanes) is 1. The quantitative estimate of drug-likeness (QED) is 0.249. The number of anilines is 1. The highest BCUT2D eigenvalue weighted by molar-refractivity contribution is 5.92. The Morgan fingerprint density at radius 3 is 2.62 bits per heavy atom. The van der Waals surface area contributed by atoms with Crippen molar-refractivity contribution in [1.82, 2.24) is 36.5 Å². The van der Waals surface area contributed by atoms with Gasteiger partial charge >= 0.3 is 6.36 Å². The van der Waals surface area contributed by atoms with Crippen LogP contribution in [0.5, 0.6) is 5.75 Å². The highest BCUT2D eigenvalue weighted by Crippen LogP contribution is 2.23. The van der Waals surface area contributed by atoms with Crippen molar-refractivity contribution in [3.8, 4) is 5.75 Å². The second-order valence-electron chi connectivity index (χ2n) is 8.76. The molecule has 0 unspecified atom stereocenters. The molecule has 4 N–H and O–H groups in total. The van der Waals surface area contributed by atoms with Crippen LogP contribution in [0.15, 0.2) is 72.7 Å². The third-order valence-corrected chi connectivity index (χ3v) is 5.59. The molecular formula is C26H27F3N8O3. The molecule has 0 spiro atoms. The largest absolute Gasteiger partial charge is 0.573 e. The zero-order valence-electron chi connectivity index (χ0n) is 21.2. The van der Waals surface area contributed by atoms with Gasteiger partial charge in [0, 0.05) is 31.2 Å². The number of ether oxygens (including phenoxy) is 1. The molecule has 2 amide bonds. The van der Waals surface area contributed by atoms with E-state index in [0.29, 0.717) is 30.0 Å². The minimum Gasteiger partial charge on any atom is -0.406 e. The van der Waals surface area contributed by atoms with E-state index in [0.717, 1.165) is 18.5 Å². The van der Waals surface area contributed by atoms with Crippen molar-refractivity contribution in [2.24, 2.45) is 0 Å². The Labute approximate surface area is 227 Å². The van der Waals surface area contributed by atoms with Gasteiger partial charge in [0.25, 0.3) is 5.91 Å². The number of carbonyl (C=O) groups excluding carboxylic acids is 2. The summed E-state index contributed by atoms with van der Waals surface area (Å²) in [6, 6.07) is 14.3. The van der Waals surface area contributed by atoms with E-state index in [9.17, 15) is 22.8 Å². The van der Waals surface area contributed by atoms with Crippen LogP contribution in [0.3, 0.4) is 0 Å². The molecule has 1 aliphatic heterocycles. The standard InChI is InChI=1S/C26H27F3N8O3/c27-26(28,29)40-21-9-5-6-18(14-21)16-31-25(39)22-17-37(36-34-22)13-4-2-7-19-10-11-23(35-33-19)32-24(38)15-20-8-1-3-12-30-20/h1,3,5-6,8-12,14,17,34,36H,2,4,7,13,15-16H2,(H,31,39)(H,32,35,38). The van der Waals surface area contributed by atoms with Crippen molar-refractivity contribution in [1.29, 1.82) is 0 Å². The molecule has 0 bridgehead atoms. The van der Waals surface area contributed by atoms with Crippen LogP contribution in [0.4, 0.5) is 19.0 Å². The number of nitrogens with one attached hydrogen (secondary N) is 4. The monoisotopic (exact) mass is 556 g/mol. The number of pyridine rings is 1. The van der Waals surface area contributed by atoms with Crippen molar-refractivity contribution in [2.75, 3.05) is 11.9 Å². The fourth-order valence-electron chi connectivity index (χ4n) is 3.72. The van der Waals surface area contributed by atoms with Crippen LogP contribution >= 0.6 is 0 Å². The number of halogens is 3. The van der Waals surface area contributed by atoms with Gasteiger partial charge in [0.1, 0.15) is 11.4 Å². The Morgan fingerprint density at radius 2 is 1.88 bits per heavy atom. The Morgan fingerprint density at radius 1 is 1.00 bits per heavy atom. The maximum absolute atomic E-state index is 12.4. The summed E-state index contributed by atoms with van der Waals surface area (Å²) in [5.74, 6) is -0.621. The molecule has 2 aromatic heterocycles. The van der Waals surface area contributed by atoms with E-state index in [2.05, 4.69) is 41.5 Å². The van der Waals surface area contributed by atoms with Crippen LogP contribution < -0.4 is 26.3 Å². The van der Waals surface area contributed by atoms with Gasteiger partial charge in [-0.3, -0.25) is 25.0 Å². The van der Waals surface area contributed by atoms with Crippen molar-refractivity contribution >= 4 is 17.6 Å². The Hall–Kier alpha value is -4.72. The molecule has 3 aromatic rings. The Bertz CT molecular complexity index is 1320. The predicted octanol–water partition coefficient (Wildman–Crippen LogP) is 2.76. The van der Waals surface area contributed by atoms with Crippen molar-refractivity contribution in [3.05, 3.63) is 89.6 Å². The predicted molar refractivity (Wildman–Crippen MR) is 138 cm³/mol. The third kappa shape index (κ3) is 9.23. The van der Waals surface area contributed by atoms with E-state index < -0.39 is 12.3 Å². The molecule has 40 heavy (non-hydrogen) atoms. The normalized spacial score (nSPS) is 12.9. The molecule has 0 fully saturated rings. The topological polar surface area (TPSA) is 133 Å². The van der Waals surface area contributed by atoms with Gasteiger partial charge in [-0.15, -0.1) is 23.8 Å². The molecule has 14 heteroatoms. The zero-order valence-corrected chi connectivity index (χ0v) is 21.2. The minimum atomic E-state index is -4.78. The van der Waals surface area contributed by atoms with Gasteiger partial charge in [0.05, 0.1) is 12.1 Å². The number of carbonyl (C=O) groups is 2. The number of nitrogens with zero attached hydrogens (tertiary/aromatic N) is 4. The maximum Gasteiger partial charge on any atom is 0.573 e. The number of benzene rings is 1. The third-order valence-electron chi connectivity index (χ3n) is 5.59. The smallest absolute Gasteiger partial charge is 0.406 e.